The summed E-state index contributed by atoms with van der Waals surface area (Å²) in [4.78, 5) is 55.1. The third-order valence-corrected chi connectivity index (χ3v) is 19.9. The molecule has 0 radical (unpaired) electrons. The first-order valence-corrected chi connectivity index (χ1v) is 32.0. The number of ketones is 2. The zero-order valence-corrected chi connectivity index (χ0v) is 54.9. The Morgan fingerprint density at radius 3 is 1.57 bits per heavy atom. The molecule has 0 saturated heterocycles. The van der Waals surface area contributed by atoms with E-state index in [1.54, 1.807) is 56.8 Å². The number of phenols is 1. The number of phenolic OH excluding ortho intramolecular Hbond substituents is 1. The number of carbonyl (C=O) groups is 4. The molecule has 4 heterocycles. The molecule has 11 rings (SSSR count). The quantitative estimate of drug-likeness (QED) is 0.0811. The van der Waals surface area contributed by atoms with Gasteiger partial charge < -0.3 is 43.7 Å². The molecule has 0 spiro atoms. The van der Waals surface area contributed by atoms with Gasteiger partial charge in [-0.15, -0.1) is 0 Å². The van der Waals surface area contributed by atoms with E-state index in [9.17, 15) is 29.4 Å². The molecular formula is C75H96N2O11. The minimum absolute atomic E-state index is 0.0129. The van der Waals surface area contributed by atoms with Gasteiger partial charge in [0.25, 0.3) is 11.8 Å². The Bertz CT molecular complexity index is 3430. The van der Waals surface area contributed by atoms with E-state index in [2.05, 4.69) is 40.7 Å². The van der Waals surface area contributed by atoms with Gasteiger partial charge in [0, 0.05) is 53.6 Å². The maximum absolute atomic E-state index is 13.3. The van der Waals surface area contributed by atoms with Gasteiger partial charge in [0.15, 0.2) is 11.6 Å². The third kappa shape index (κ3) is 14.0. The first-order chi connectivity index (χ1) is 41.7. The first-order valence-electron chi connectivity index (χ1n) is 32.0. The number of ether oxygens (including phenoxy) is 5. The number of aliphatic hydroxyl groups is 1. The fourth-order valence-corrected chi connectivity index (χ4v) is 14.9. The number of aliphatic hydroxyl groups excluding tert-OH is 1. The highest BCUT2D eigenvalue weighted by atomic mass is 16.5. The van der Waals surface area contributed by atoms with E-state index >= 15 is 0 Å². The summed E-state index contributed by atoms with van der Waals surface area (Å²) in [6, 6.07) is 18.6. The van der Waals surface area contributed by atoms with Crippen molar-refractivity contribution in [2.75, 3.05) is 34.4 Å². The molecule has 1 saturated carbocycles. The van der Waals surface area contributed by atoms with E-state index in [0.29, 0.717) is 110 Å². The fourth-order valence-electron chi connectivity index (χ4n) is 14.9. The topological polar surface area (TPSA) is 161 Å². The molecule has 1 unspecified atom stereocenters. The SMILES string of the molecule is CC1=C[C@H](O)[C@]2(C)CC[C@@]3(C)CCC(C(C)C)=C3C2CC1.COc1cc2c(c3c1CC[C@](C)(CC(=O)C=C(C)C)O3)CN(CCc1ccc(O)cc1)C2=O.COc1ccc(CCN2Cc3c(cc(OC)c4c3O[C@@](C)(CC(=O)C=C(C)C)CC4)C2=O)cc1. The predicted molar refractivity (Wildman–Crippen MR) is 346 cm³/mol. The minimum atomic E-state index is -0.626. The van der Waals surface area contributed by atoms with Crippen LogP contribution in [0.2, 0.25) is 0 Å². The second-order valence-corrected chi connectivity index (χ2v) is 27.8. The lowest BCUT2D eigenvalue weighted by molar-refractivity contribution is -0.119. The van der Waals surface area contributed by atoms with E-state index in [1.807, 2.05) is 99.9 Å². The lowest BCUT2D eigenvalue weighted by atomic mass is 9.54. The molecule has 3 aliphatic carbocycles. The van der Waals surface area contributed by atoms with Gasteiger partial charge in [-0.05, 0) is 202 Å². The summed E-state index contributed by atoms with van der Waals surface area (Å²) >= 11 is 0. The van der Waals surface area contributed by atoms with Crippen LogP contribution in [0.1, 0.15) is 194 Å². The Morgan fingerprint density at radius 1 is 0.648 bits per heavy atom. The average molecular weight is 1200 g/mol. The number of hydrogen-bond donors (Lipinski definition) is 2. The van der Waals surface area contributed by atoms with Gasteiger partial charge in [0.1, 0.15) is 45.7 Å². The van der Waals surface area contributed by atoms with Crippen molar-refractivity contribution in [3.8, 4) is 34.5 Å². The molecule has 7 aliphatic rings. The van der Waals surface area contributed by atoms with Crippen LogP contribution in [0.5, 0.6) is 34.5 Å². The van der Waals surface area contributed by atoms with Crippen molar-refractivity contribution < 1.29 is 53.1 Å². The number of allylic oxidation sites excluding steroid dienone is 7. The summed E-state index contributed by atoms with van der Waals surface area (Å²) in [7, 11) is 4.87. The number of rotatable bonds is 16. The van der Waals surface area contributed by atoms with E-state index in [4.69, 9.17) is 23.7 Å². The van der Waals surface area contributed by atoms with Crippen LogP contribution in [-0.4, -0.2) is 95.1 Å². The van der Waals surface area contributed by atoms with Crippen molar-refractivity contribution in [2.45, 2.75) is 196 Å². The summed E-state index contributed by atoms with van der Waals surface area (Å²) in [6.07, 6.45) is 17.6. The Hall–Kier alpha value is -7.12. The summed E-state index contributed by atoms with van der Waals surface area (Å²) in [6.45, 7) is 25.5. The van der Waals surface area contributed by atoms with Crippen LogP contribution in [0.3, 0.4) is 0 Å². The largest absolute Gasteiger partial charge is 0.508 e. The van der Waals surface area contributed by atoms with E-state index in [1.165, 1.54) is 37.7 Å². The molecule has 13 nitrogen and oxygen atoms in total. The Labute approximate surface area is 523 Å². The van der Waals surface area contributed by atoms with Crippen LogP contribution < -0.4 is 23.7 Å². The fraction of sp³-hybridized carbons (Fsp3) is 0.520. The number of methoxy groups -OCH3 is 3. The Balaban J connectivity index is 0.000000162. The highest BCUT2D eigenvalue weighted by molar-refractivity contribution is 6.01. The third-order valence-electron chi connectivity index (χ3n) is 19.9. The number of carbonyl (C=O) groups excluding carboxylic acids is 4. The van der Waals surface area contributed by atoms with E-state index < -0.39 is 11.2 Å². The number of aromatic hydroxyl groups is 1. The molecule has 0 aromatic heterocycles. The second kappa shape index (κ2) is 26.5. The summed E-state index contributed by atoms with van der Waals surface area (Å²) in [5.74, 6) is 5.10. The highest BCUT2D eigenvalue weighted by Gasteiger charge is 2.54. The molecule has 4 aliphatic heterocycles. The van der Waals surface area contributed by atoms with Crippen molar-refractivity contribution in [1.82, 2.24) is 9.80 Å². The Kier molecular flexibility index (Phi) is 19.7. The average Bonchev–Trinajstić information content (AvgIpc) is 1.57. The van der Waals surface area contributed by atoms with Crippen LogP contribution >= 0.6 is 0 Å². The highest BCUT2D eigenvalue weighted by Crippen LogP contribution is 2.63. The maximum atomic E-state index is 13.3. The first kappa shape index (κ1) is 65.3. The monoisotopic (exact) mass is 1200 g/mol. The number of fused-ring (bicyclic) bond motifs is 9. The standard InChI is InChI=1S/C28H33NO5.C27H31NO5.C20H32O/c1-18(2)14-20(30)16-28(3)12-10-22-25(33-5)15-23-24(26(22)34-28)17-29(27(23)31)13-11-19-6-8-21(32-4)9-7-19;1-17(2)13-20(30)15-27(3)11-9-21-24(32-4)14-22-23(25(21)33-27)16-28(26(22)31)12-10-18-5-7-19(29)8-6-18;1-13(2)15-8-9-19(4)10-11-20(5)16(18(15)19)7-6-14(3)12-17(20)21/h6-9,14-15H,10-13,16-17H2,1-5H3;5-8,13-14,29H,9-12,15-16H2,1-4H3;12-13,16-17,21H,6-11H2,1-5H3/t28-;27-;16?,17-,19+,20+/m110/s1. The normalized spacial score (nSPS) is 24.7. The second-order valence-electron chi connectivity index (χ2n) is 27.8. The molecule has 472 valence electrons. The smallest absolute Gasteiger partial charge is 0.254 e. The lowest BCUT2D eigenvalue weighted by Crippen LogP contribution is -2.46. The van der Waals surface area contributed by atoms with Crippen molar-refractivity contribution in [3.63, 3.8) is 0 Å². The van der Waals surface area contributed by atoms with Crippen LogP contribution in [0.4, 0.5) is 0 Å². The molecule has 4 aromatic carbocycles. The van der Waals surface area contributed by atoms with Crippen molar-refractivity contribution >= 4 is 23.4 Å². The molecule has 1 fully saturated rings. The predicted octanol–water partition coefficient (Wildman–Crippen LogP) is 14.8. The zero-order chi connectivity index (χ0) is 63.6. The molecule has 0 bridgehead atoms. The molecular weight excluding hydrogens is 1100 g/mol. The van der Waals surface area contributed by atoms with Crippen molar-refractivity contribution in [3.05, 3.63) is 151 Å². The zero-order valence-electron chi connectivity index (χ0n) is 54.9. The number of benzene rings is 4. The summed E-state index contributed by atoms with van der Waals surface area (Å²) in [5, 5.41) is 20.3. The van der Waals surface area contributed by atoms with Gasteiger partial charge in [0.2, 0.25) is 0 Å². The van der Waals surface area contributed by atoms with Crippen LogP contribution in [0.25, 0.3) is 0 Å². The molecule has 4 aromatic rings. The number of hydrogen-bond acceptors (Lipinski definition) is 11. The summed E-state index contributed by atoms with van der Waals surface area (Å²) in [5.41, 5.74) is 13.2. The molecule has 6 atom stereocenters. The van der Waals surface area contributed by atoms with Gasteiger partial charge in [-0.2, -0.15) is 0 Å². The number of nitrogens with zero attached hydrogens (tertiary/aromatic N) is 2. The van der Waals surface area contributed by atoms with E-state index in [-0.39, 0.29) is 40.6 Å². The van der Waals surface area contributed by atoms with Gasteiger partial charge in [-0.25, -0.2) is 0 Å². The van der Waals surface area contributed by atoms with Crippen LogP contribution in [0.15, 0.2) is 107 Å². The van der Waals surface area contributed by atoms with E-state index in [0.717, 1.165) is 76.0 Å². The van der Waals surface area contributed by atoms with Gasteiger partial charge in [-0.3, -0.25) is 19.2 Å². The van der Waals surface area contributed by atoms with Gasteiger partial charge in [0.05, 0.1) is 51.6 Å². The number of amides is 2. The maximum Gasteiger partial charge on any atom is 0.254 e. The summed E-state index contributed by atoms with van der Waals surface area (Å²) < 4.78 is 29.5. The van der Waals surface area contributed by atoms with Crippen molar-refractivity contribution in [1.29, 1.82) is 0 Å². The minimum Gasteiger partial charge on any atom is -0.508 e. The van der Waals surface area contributed by atoms with Gasteiger partial charge in [-0.1, -0.05) is 85.9 Å². The Morgan fingerprint density at radius 2 is 1.12 bits per heavy atom. The molecule has 13 heteroatoms. The van der Waals surface area contributed by atoms with Gasteiger partial charge >= 0.3 is 0 Å². The van der Waals surface area contributed by atoms with Crippen molar-refractivity contribution in [2.24, 2.45) is 22.7 Å². The van der Waals surface area contributed by atoms with Crippen LogP contribution in [-0.2, 0) is 48.4 Å². The molecule has 2 amide bonds. The van der Waals surface area contributed by atoms with Crippen LogP contribution in [0, 0.1) is 22.7 Å². The molecule has 2 N–H and O–H groups in total. The lowest BCUT2D eigenvalue weighted by Gasteiger charge is -2.51. The molecule has 88 heavy (non-hydrogen) atoms.